The number of carbonyl (C=O) groups is 2. The Morgan fingerprint density at radius 2 is 1.62 bits per heavy atom. The summed E-state index contributed by atoms with van der Waals surface area (Å²) >= 11 is 0. The maximum absolute atomic E-state index is 12.5. The molecule has 2 spiro atoms. The van der Waals surface area contributed by atoms with Crippen LogP contribution in [0.2, 0.25) is 0 Å². The molecule has 0 aromatic carbocycles. The van der Waals surface area contributed by atoms with Crippen molar-refractivity contribution in [3.05, 3.63) is 11.6 Å². The molecule has 1 saturated heterocycles. The van der Waals surface area contributed by atoms with Crippen LogP contribution in [-0.2, 0) is 19.1 Å². The van der Waals surface area contributed by atoms with Crippen LogP contribution >= 0.6 is 0 Å². The number of cyclic esters (lactones) is 2. The van der Waals surface area contributed by atoms with E-state index >= 15 is 0 Å². The third-order valence-corrected chi connectivity index (χ3v) is 13.0. The minimum Gasteiger partial charge on any atom is -0.459 e. The summed E-state index contributed by atoms with van der Waals surface area (Å²) in [4.78, 5) is 24.8. The van der Waals surface area contributed by atoms with Crippen LogP contribution in [0.3, 0.4) is 0 Å². The molecule has 5 fully saturated rings. The van der Waals surface area contributed by atoms with Crippen molar-refractivity contribution in [2.75, 3.05) is 0 Å². The van der Waals surface area contributed by atoms with E-state index in [0.29, 0.717) is 40.4 Å². The van der Waals surface area contributed by atoms with Crippen molar-refractivity contribution in [2.45, 2.75) is 117 Å². The quantitative estimate of drug-likeness (QED) is 0.427. The summed E-state index contributed by atoms with van der Waals surface area (Å²) in [6.07, 6.45) is 13.5. The van der Waals surface area contributed by atoms with Crippen molar-refractivity contribution in [2.24, 2.45) is 45.3 Å². The second-order valence-electron chi connectivity index (χ2n) is 14.2. The Balaban J connectivity index is 1.30. The van der Waals surface area contributed by atoms with Crippen molar-refractivity contribution in [3.63, 3.8) is 0 Å². The van der Waals surface area contributed by atoms with Gasteiger partial charge in [-0.1, -0.05) is 26.8 Å². The van der Waals surface area contributed by atoms with Crippen LogP contribution in [0.15, 0.2) is 11.6 Å². The first-order valence-corrected chi connectivity index (χ1v) is 14.0. The second kappa shape index (κ2) is 6.91. The first-order chi connectivity index (χ1) is 15.9. The molecule has 0 radical (unpaired) electrons. The summed E-state index contributed by atoms with van der Waals surface area (Å²) in [6.45, 7) is 13.8. The minimum atomic E-state index is -0.340. The molecule has 9 atom stereocenters. The SMILES string of the molecule is CC1=CCC(C(C)C2CCC3(C)C4CCC5C(C)(C)OC(=O)CCC56CC46CCC23C)OC1=O. The van der Waals surface area contributed by atoms with Gasteiger partial charge in [0, 0.05) is 24.3 Å². The van der Waals surface area contributed by atoms with E-state index in [1.54, 1.807) is 0 Å². The number of rotatable bonds is 2. The zero-order valence-electron chi connectivity index (χ0n) is 22.2. The maximum Gasteiger partial charge on any atom is 0.333 e. The zero-order chi connectivity index (χ0) is 24.3. The van der Waals surface area contributed by atoms with E-state index in [1.807, 2.05) is 6.92 Å². The van der Waals surface area contributed by atoms with Crippen molar-refractivity contribution < 1.29 is 19.1 Å². The Hall–Kier alpha value is -1.32. The third kappa shape index (κ3) is 2.67. The van der Waals surface area contributed by atoms with E-state index in [4.69, 9.17) is 9.47 Å². The lowest BCUT2D eigenvalue weighted by atomic mass is 9.43. The van der Waals surface area contributed by atoms with Gasteiger partial charge in [-0.25, -0.2) is 4.79 Å². The van der Waals surface area contributed by atoms with Gasteiger partial charge in [0.25, 0.3) is 0 Å². The van der Waals surface area contributed by atoms with E-state index in [0.717, 1.165) is 24.3 Å². The molecule has 0 aromatic heterocycles. The minimum absolute atomic E-state index is 0.0142. The van der Waals surface area contributed by atoms with Gasteiger partial charge in [0.15, 0.2) is 0 Å². The Labute approximate surface area is 205 Å². The molecular weight excluding hydrogens is 424 g/mol. The van der Waals surface area contributed by atoms with Gasteiger partial charge in [-0.05, 0) is 112 Å². The maximum atomic E-state index is 12.5. The largest absolute Gasteiger partial charge is 0.459 e. The predicted octanol–water partition coefficient (Wildman–Crippen LogP) is 6.62. The fourth-order valence-corrected chi connectivity index (χ4v) is 11.1. The lowest BCUT2D eigenvalue weighted by Crippen LogP contribution is -2.56. The van der Waals surface area contributed by atoms with Gasteiger partial charge >= 0.3 is 11.9 Å². The van der Waals surface area contributed by atoms with Crippen LogP contribution in [0.1, 0.15) is 106 Å². The molecule has 0 N–H and O–H groups in total. The van der Waals surface area contributed by atoms with E-state index in [9.17, 15) is 9.59 Å². The van der Waals surface area contributed by atoms with E-state index in [2.05, 4.69) is 40.7 Å². The molecule has 4 heteroatoms. The van der Waals surface area contributed by atoms with E-state index < -0.39 is 0 Å². The predicted molar refractivity (Wildman–Crippen MR) is 131 cm³/mol. The van der Waals surface area contributed by atoms with Crippen LogP contribution in [-0.4, -0.2) is 23.6 Å². The highest BCUT2D eigenvalue weighted by Gasteiger charge is 2.82. The van der Waals surface area contributed by atoms with E-state index in [1.165, 1.54) is 44.9 Å². The summed E-state index contributed by atoms with van der Waals surface area (Å²) in [5, 5.41) is 0. The highest BCUT2D eigenvalue weighted by atomic mass is 16.6. The van der Waals surface area contributed by atoms with Gasteiger partial charge in [0.1, 0.15) is 11.7 Å². The molecule has 4 aliphatic carbocycles. The smallest absolute Gasteiger partial charge is 0.333 e. The van der Waals surface area contributed by atoms with Gasteiger partial charge < -0.3 is 9.47 Å². The van der Waals surface area contributed by atoms with Crippen molar-refractivity contribution in [1.82, 2.24) is 0 Å². The molecule has 0 aromatic rings. The van der Waals surface area contributed by atoms with Gasteiger partial charge in [0.05, 0.1) is 0 Å². The average Bonchev–Trinajstić information content (AvgIpc) is 3.39. The molecule has 6 aliphatic rings. The van der Waals surface area contributed by atoms with Crippen molar-refractivity contribution in [3.8, 4) is 0 Å². The Bertz CT molecular complexity index is 965. The summed E-state index contributed by atoms with van der Waals surface area (Å²) in [5.74, 6) is 2.13. The standard InChI is InChI=1S/C30H44O4/c1-18-7-8-21(33-25(18)32)19(2)20-11-13-28(6)23-10-9-22-26(3,4)34-24(31)12-14-29(22)17-30(23,29)16-15-27(20,28)5/h7,19-23H,8-17H2,1-6H3. The zero-order valence-corrected chi connectivity index (χ0v) is 22.2. The molecule has 34 heavy (non-hydrogen) atoms. The Morgan fingerprint density at radius 3 is 2.35 bits per heavy atom. The molecule has 0 bridgehead atoms. The Kier molecular flexibility index (Phi) is 4.70. The molecule has 9 unspecified atom stereocenters. The number of ether oxygens (including phenoxy) is 2. The Morgan fingerprint density at radius 1 is 0.912 bits per heavy atom. The van der Waals surface area contributed by atoms with Crippen LogP contribution in [0, 0.1) is 45.3 Å². The first kappa shape index (κ1) is 23.1. The van der Waals surface area contributed by atoms with Gasteiger partial charge in [-0.15, -0.1) is 0 Å². The molecule has 0 amide bonds. The third-order valence-electron chi connectivity index (χ3n) is 13.0. The van der Waals surface area contributed by atoms with Crippen LogP contribution in [0.4, 0.5) is 0 Å². The van der Waals surface area contributed by atoms with Gasteiger partial charge in [-0.2, -0.15) is 0 Å². The second-order valence-corrected chi connectivity index (χ2v) is 14.2. The molecule has 2 aliphatic heterocycles. The first-order valence-electron chi connectivity index (χ1n) is 14.0. The summed E-state index contributed by atoms with van der Waals surface area (Å²) in [6, 6.07) is 0. The molecule has 6 rings (SSSR count). The van der Waals surface area contributed by atoms with Gasteiger partial charge in [0.2, 0.25) is 0 Å². The average molecular weight is 469 g/mol. The summed E-state index contributed by atoms with van der Waals surface area (Å²) < 4.78 is 11.9. The lowest BCUT2D eigenvalue weighted by Gasteiger charge is -2.61. The number of esters is 2. The summed E-state index contributed by atoms with van der Waals surface area (Å²) in [7, 11) is 0. The molecule has 2 heterocycles. The summed E-state index contributed by atoms with van der Waals surface area (Å²) in [5.41, 5.74) is 1.74. The molecule has 188 valence electrons. The number of hydrogen-bond donors (Lipinski definition) is 0. The van der Waals surface area contributed by atoms with Gasteiger partial charge in [-0.3, -0.25) is 4.79 Å². The topological polar surface area (TPSA) is 52.6 Å². The fraction of sp³-hybridized carbons (Fsp3) is 0.867. The number of hydrogen-bond acceptors (Lipinski definition) is 4. The lowest BCUT2D eigenvalue weighted by molar-refractivity contribution is -0.170. The number of fused-ring (bicyclic) bond motifs is 2. The van der Waals surface area contributed by atoms with Crippen LogP contribution in [0.5, 0.6) is 0 Å². The fourth-order valence-electron chi connectivity index (χ4n) is 11.1. The monoisotopic (exact) mass is 468 g/mol. The normalized spacial score (nSPS) is 52.0. The molecular formula is C30H44O4. The molecule has 4 nitrogen and oxygen atoms in total. The highest BCUT2D eigenvalue weighted by Crippen LogP contribution is 2.88. The molecule has 4 saturated carbocycles. The highest BCUT2D eigenvalue weighted by molar-refractivity contribution is 5.88. The van der Waals surface area contributed by atoms with E-state index in [-0.39, 0.29) is 29.1 Å². The van der Waals surface area contributed by atoms with Crippen molar-refractivity contribution in [1.29, 1.82) is 0 Å². The van der Waals surface area contributed by atoms with Crippen LogP contribution in [0.25, 0.3) is 0 Å². The van der Waals surface area contributed by atoms with Crippen molar-refractivity contribution >= 4 is 11.9 Å². The number of carbonyl (C=O) groups excluding carboxylic acids is 2. The van der Waals surface area contributed by atoms with Crippen LogP contribution < -0.4 is 0 Å².